The number of rotatable bonds is 0. The summed E-state index contributed by atoms with van der Waals surface area (Å²) in [6.07, 6.45) is 5.26. The molecule has 0 unspecified atom stereocenters. The number of aliphatic hydroxyl groups excluding tert-OH is 1. The average Bonchev–Trinajstić information content (AvgIpc) is 2.24. The van der Waals surface area contributed by atoms with Gasteiger partial charge >= 0.3 is 5.97 Å². The van der Waals surface area contributed by atoms with Crippen molar-refractivity contribution < 1.29 is 14.6 Å². The van der Waals surface area contributed by atoms with E-state index >= 15 is 0 Å². The summed E-state index contributed by atoms with van der Waals surface area (Å²) in [6.45, 7) is 8.98. The van der Waals surface area contributed by atoms with E-state index in [-0.39, 0.29) is 22.9 Å². The number of aliphatic hydroxyl groups is 1. The van der Waals surface area contributed by atoms with E-state index in [1.54, 1.807) is 0 Å². The lowest BCUT2D eigenvalue weighted by Gasteiger charge is -2.64. The SMILES string of the molecule is CC1(C)CCC[C@]2(C)[C@H]3CCC(=O)O[C@]3(C)C[C@H](O)[C@@H]12. The van der Waals surface area contributed by atoms with Gasteiger partial charge in [-0.2, -0.15) is 0 Å². The maximum atomic E-state index is 11.7. The van der Waals surface area contributed by atoms with E-state index in [1.807, 2.05) is 6.92 Å². The molecule has 0 aromatic carbocycles. The number of fused-ring (bicyclic) bond motifs is 3. The van der Waals surface area contributed by atoms with E-state index < -0.39 is 5.60 Å². The summed E-state index contributed by atoms with van der Waals surface area (Å²) in [4.78, 5) is 11.7. The highest BCUT2D eigenvalue weighted by atomic mass is 16.6. The Morgan fingerprint density at radius 1 is 1.20 bits per heavy atom. The van der Waals surface area contributed by atoms with Crippen molar-refractivity contribution in [3.63, 3.8) is 0 Å². The Hall–Kier alpha value is -0.570. The van der Waals surface area contributed by atoms with Crippen LogP contribution >= 0.6 is 0 Å². The minimum absolute atomic E-state index is 0.0898. The van der Waals surface area contributed by atoms with Gasteiger partial charge in [-0.05, 0) is 42.9 Å². The van der Waals surface area contributed by atoms with Crippen LogP contribution in [0.3, 0.4) is 0 Å². The zero-order valence-corrected chi connectivity index (χ0v) is 13.2. The molecule has 0 bridgehead atoms. The molecule has 20 heavy (non-hydrogen) atoms. The monoisotopic (exact) mass is 280 g/mol. The quantitative estimate of drug-likeness (QED) is 0.693. The van der Waals surface area contributed by atoms with E-state index in [4.69, 9.17) is 4.74 Å². The van der Waals surface area contributed by atoms with Crippen LogP contribution < -0.4 is 0 Å². The third-order valence-electron chi connectivity index (χ3n) is 6.61. The molecule has 1 aliphatic heterocycles. The fraction of sp³-hybridized carbons (Fsp3) is 0.941. The molecule has 5 atom stereocenters. The van der Waals surface area contributed by atoms with Crippen LogP contribution in [0.4, 0.5) is 0 Å². The van der Waals surface area contributed by atoms with Crippen molar-refractivity contribution >= 4 is 5.97 Å². The first-order chi connectivity index (χ1) is 9.19. The Labute approximate surface area is 122 Å². The van der Waals surface area contributed by atoms with Crippen LogP contribution in [0.25, 0.3) is 0 Å². The van der Waals surface area contributed by atoms with Crippen molar-refractivity contribution in [3.8, 4) is 0 Å². The Morgan fingerprint density at radius 3 is 2.60 bits per heavy atom. The van der Waals surface area contributed by atoms with Crippen LogP contribution in [0.5, 0.6) is 0 Å². The number of hydrogen-bond donors (Lipinski definition) is 1. The highest BCUT2D eigenvalue weighted by molar-refractivity contribution is 5.71. The second-order valence-corrected chi connectivity index (χ2v) is 8.48. The maximum absolute atomic E-state index is 11.7. The average molecular weight is 280 g/mol. The van der Waals surface area contributed by atoms with E-state index in [9.17, 15) is 9.90 Å². The highest BCUT2D eigenvalue weighted by Crippen LogP contribution is 2.64. The smallest absolute Gasteiger partial charge is 0.306 e. The van der Waals surface area contributed by atoms with Crippen LogP contribution in [0.1, 0.15) is 66.2 Å². The molecule has 1 saturated heterocycles. The van der Waals surface area contributed by atoms with E-state index in [2.05, 4.69) is 20.8 Å². The predicted octanol–water partition coefficient (Wildman–Crippen LogP) is 3.30. The Balaban J connectivity index is 2.03. The van der Waals surface area contributed by atoms with Crippen LogP contribution in [0.2, 0.25) is 0 Å². The van der Waals surface area contributed by atoms with Gasteiger partial charge in [0.15, 0.2) is 0 Å². The van der Waals surface area contributed by atoms with Gasteiger partial charge in [0, 0.05) is 18.8 Å². The summed E-state index contributed by atoms with van der Waals surface area (Å²) in [5.74, 6) is 0.618. The predicted molar refractivity (Wildman–Crippen MR) is 77.1 cm³/mol. The largest absolute Gasteiger partial charge is 0.459 e. The number of ether oxygens (including phenoxy) is 1. The lowest BCUT2D eigenvalue weighted by Crippen LogP contribution is -2.65. The third kappa shape index (κ3) is 1.85. The number of hydrogen-bond acceptors (Lipinski definition) is 3. The molecule has 0 aromatic rings. The van der Waals surface area contributed by atoms with Gasteiger partial charge in [0.05, 0.1) is 6.10 Å². The molecular weight excluding hydrogens is 252 g/mol. The fourth-order valence-electron chi connectivity index (χ4n) is 6.17. The van der Waals surface area contributed by atoms with Gasteiger partial charge in [0.25, 0.3) is 0 Å². The van der Waals surface area contributed by atoms with E-state index in [0.717, 1.165) is 12.8 Å². The van der Waals surface area contributed by atoms with Crippen molar-refractivity contribution in [2.75, 3.05) is 0 Å². The molecule has 114 valence electrons. The summed E-state index contributed by atoms with van der Waals surface area (Å²) >= 11 is 0. The van der Waals surface area contributed by atoms with Crippen LogP contribution in [0.15, 0.2) is 0 Å². The lowest BCUT2D eigenvalue weighted by atomic mass is 9.44. The first-order valence-electron chi connectivity index (χ1n) is 8.09. The van der Waals surface area contributed by atoms with Crippen molar-refractivity contribution in [3.05, 3.63) is 0 Å². The van der Waals surface area contributed by atoms with Gasteiger partial charge < -0.3 is 9.84 Å². The van der Waals surface area contributed by atoms with Gasteiger partial charge in [-0.15, -0.1) is 0 Å². The molecule has 2 aliphatic carbocycles. The van der Waals surface area contributed by atoms with Gasteiger partial charge in [0.1, 0.15) is 5.60 Å². The van der Waals surface area contributed by atoms with Crippen LogP contribution in [-0.2, 0) is 9.53 Å². The van der Waals surface area contributed by atoms with Crippen molar-refractivity contribution in [1.82, 2.24) is 0 Å². The molecule has 0 amide bonds. The molecule has 1 N–H and O–H groups in total. The Morgan fingerprint density at radius 2 is 1.90 bits per heavy atom. The Bertz CT molecular complexity index is 430. The standard InChI is InChI=1S/C17H28O3/c1-15(2)8-5-9-16(3)12-6-7-13(19)20-17(12,4)10-11(18)14(15)16/h11-12,14,18H,5-10H2,1-4H3/t11-,12+,14-,16+,17+/m0/s1. The number of carbonyl (C=O) groups is 1. The highest BCUT2D eigenvalue weighted by Gasteiger charge is 2.63. The minimum atomic E-state index is -0.465. The van der Waals surface area contributed by atoms with Crippen LogP contribution in [-0.4, -0.2) is 22.8 Å². The van der Waals surface area contributed by atoms with Gasteiger partial charge in [0.2, 0.25) is 0 Å². The summed E-state index contributed by atoms with van der Waals surface area (Å²) in [6, 6.07) is 0. The van der Waals surface area contributed by atoms with Gasteiger partial charge in [-0.3, -0.25) is 4.79 Å². The lowest BCUT2D eigenvalue weighted by molar-refractivity contribution is -0.240. The third-order valence-corrected chi connectivity index (χ3v) is 6.61. The number of esters is 1. The molecule has 0 radical (unpaired) electrons. The first kappa shape index (κ1) is 14.4. The summed E-state index contributed by atoms with van der Waals surface area (Å²) in [7, 11) is 0. The number of carbonyl (C=O) groups excluding carboxylic acids is 1. The van der Waals surface area contributed by atoms with E-state index in [1.165, 1.54) is 12.8 Å². The maximum Gasteiger partial charge on any atom is 0.306 e. The summed E-state index contributed by atoms with van der Waals surface area (Å²) in [5.41, 5.74) is -0.197. The van der Waals surface area contributed by atoms with Crippen LogP contribution in [0, 0.1) is 22.7 Å². The summed E-state index contributed by atoms with van der Waals surface area (Å²) in [5, 5.41) is 10.8. The minimum Gasteiger partial charge on any atom is -0.459 e. The zero-order chi connectivity index (χ0) is 14.8. The van der Waals surface area contributed by atoms with E-state index in [0.29, 0.717) is 24.7 Å². The Kier molecular flexibility index (Phi) is 3.03. The molecule has 3 aliphatic rings. The molecule has 3 nitrogen and oxygen atoms in total. The van der Waals surface area contributed by atoms with Crippen molar-refractivity contribution in [2.24, 2.45) is 22.7 Å². The van der Waals surface area contributed by atoms with Crippen molar-refractivity contribution in [2.45, 2.75) is 77.9 Å². The van der Waals surface area contributed by atoms with Crippen molar-refractivity contribution in [1.29, 1.82) is 0 Å². The molecule has 2 saturated carbocycles. The molecular formula is C17H28O3. The first-order valence-corrected chi connectivity index (χ1v) is 8.09. The molecule has 0 spiro atoms. The molecule has 3 rings (SSSR count). The second kappa shape index (κ2) is 4.22. The molecule has 3 fully saturated rings. The fourth-order valence-corrected chi connectivity index (χ4v) is 6.17. The van der Waals surface area contributed by atoms with Gasteiger partial charge in [-0.1, -0.05) is 27.2 Å². The topological polar surface area (TPSA) is 46.5 Å². The molecule has 0 aromatic heterocycles. The second-order valence-electron chi connectivity index (χ2n) is 8.48. The summed E-state index contributed by atoms with van der Waals surface area (Å²) < 4.78 is 5.73. The zero-order valence-electron chi connectivity index (χ0n) is 13.2. The van der Waals surface area contributed by atoms with Gasteiger partial charge in [-0.25, -0.2) is 0 Å². The molecule has 3 heteroatoms. The molecule has 1 heterocycles. The normalized spacial score (nSPS) is 50.9.